The van der Waals surface area contributed by atoms with E-state index in [1.54, 1.807) is 12.1 Å². The van der Waals surface area contributed by atoms with Crippen LogP contribution in [0.3, 0.4) is 0 Å². The summed E-state index contributed by atoms with van der Waals surface area (Å²) >= 11 is 0. The van der Waals surface area contributed by atoms with Crippen LogP contribution in [0.4, 0.5) is 5.69 Å². The topological polar surface area (TPSA) is 35.5 Å². The lowest BCUT2D eigenvalue weighted by molar-refractivity contribution is 0.475. The highest BCUT2D eigenvalue weighted by Crippen LogP contribution is 2.20. The zero-order chi connectivity index (χ0) is 14.9. The number of allylic oxidation sites excluding steroid dienone is 2. The molecule has 1 aromatic carbocycles. The first-order chi connectivity index (χ1) is 10.3. The summed E-state index contributed by atoms with van der Waals surface area (Å²) in [7, 11) is 0. The first-order valence-corrected chi connectivity index (χ1v) is 8.01. The van der Waals surface area contributed by atoms with Gasteiger partial charge in [-0.15, -0.1) is 0 Å². The average molecular weight is 286 g/mol. The van der Waals surface area contributed by atoms with E-state index in [9.17, 15) is 5.11 Å². The number of phenolic OH excluding ortho intramolecular Hbond substituents is 1. The fourth-order valence-corrected chi connectivity index (χ4v) is 2.45. The Kier molecular flexibility index (Phi) is 6.20. The maximum Gasteiger partial charge on any atom is 0.115 e. The molecule has 1 aliphatic rings. The van der Waals surface area contributed by atoms with E-state index >= 15 is 0 Å². The van der Waals surface area contributed by atoms with E-state index in [0.717, 1.165) is 12.1 Å². The summed E-state index contributed by atoms with van der Waals surface area (Å²) in [5, 5.41) is 11.3. The van der Waals surface area contributed by atoms with E-state index in [0.29, 0.717) is 5.75 Å². The molecule has 0 saturated carbocycles. The van der Waals surface area contributed by atoms with Crippen molar-refractivity contribution >= 4 is 5.69 Å². The van der Waals surface area contributed by atoms with Crippen molar-refractivity contribution in [2.24, 2.45) is 0 Å². The van der Waals surface area contributed by atoms with Gasteiger partial charge in [0.25, 0.3) is 0 Å². The van der Waals surface area contributed by atoms with Gasteiger partial charge in [0, 0.05) is 12.4 Å². The number of aromatic hydroxyl groups is 1. The molecule has 2 N–H and O–H groups in total. The zero-order valence-corrected chi connectivity index (χ0v) is 12.9. The lowest BCUT2D eigenvalue weighted by Crippen LogP contribution is -2.31. The summed E-state index contributed by atoms with van der Waals surface area (Å²) in [5.41, 5.74) is 5.63. The van der Waals surface area contributed by atoms with E-state index < -0.39 is 0 Å². The third-order valence-corrected chi connectivity index (χ3v) is 3.77. The van der Waals surface area contributed by atoms with Gasteiger partial charge in [-0.1, -0.05) is 39.0 Å². The summed E-state index contributed by atoms with van der Waals surface area (Å²) in [6, 6.07) is 7.17. The molecular weight excluding hydrogens is 260 g/mol. The fraction of sp³-hybridized carbons (Fsp3) is 0.444. The molecule has 1 aromatic rings. The summed E-state index contributed by atoms with van der Waals surface area (Å²) in [6.45, 7) is 2.25. The van der Waals surface area contributed by atoms with Gasteiger partial charge in [-0.05, 0) is 48.8 Å². The highest BCUT2D eigenvalue weighted by Gasteiger charge is 2.06. The maximum atomic E-state index is 9.30. The first kappa shape index (κ1) is 15.5. The number of rotatable bonds is 8. The largest absolute Gasteiger partial charge is 0.508 e. The van der Waals surface area contributed by atoms with E-state index in [1.165, 1.54) is 44.1 Å². The maximum absolute atomic E-state index is 9.30. The van der Waals surface area contributed by atoms with Crippen LogP contribution in [0.15, 0.2) is 48.3 Å². The van der Waals surface area contributed by atoms with Crippen molar-refractivity contribution in [2.45, 2.75) is 51.9 Å². The smallest absolute Gasteiger partial charge is 0.115 e. The number of unbranched alkanes of at least 4 members (excludes halogenated alkanes) is 5. The van der Waals surface area contributed by atoms with Gasteiger partial charge in [-0.3, -0.25) is 5.01 Å². The Morgan fingerprint density at radius 3 is 2.38 bits per heavy atom. The molecule has 0 saturated heterocycles. The normalized spacial score (nSPS) is 14.0. The van der Waals surface area contributed by atoms with Crippen molar-refractivity contribution in [3.8, 4) is 5.75 Å². The standard InChI is InChI=1S/C18H26N2O/c1-2-3-4-5-6-7-8-16-13-14-20(19-15-16)17-9-11-18(21)12-10-17/h9-15,19,21H,2-8H2,1H3. The van der Waals surface area contributed by atoms with Gasteiger partial charge in [-0.25, -0.2) is 0 Å². The van der Waals surface area contributed by atoms with Crippen molar-refractivity contribution in [3.63, 3.8) is 0 Å². The minimum atomic E-state index is 0.291. The number of hydrazine groups is 1. The number of anilines is 1. The second kappa shape index (κ2) is 8.40. The Balaban J connectivity index is 1.70. The third kappa shape index (κ3) is 5.18. The molecule has 0 spiro atoms. The fourth-order valence-electron chi connectivity index (χ4n) is 2.45. The van der Waals surface area contributed by atoms with Crippen LogP contribution in [0, 0.1) is 0 Å². The number of hydrogen-bond donors (Lipinski definition) is 2. The minimum absolute atomic E-state index is 0.291. The quantitative estimate of drug-likeness (QED) is 0.670. The molecule has 1 heterocycles. The Bertz CT molecular complexity index is 476. The van der Waals surface area contributed by atoms with Gasteiger partial charge in [0.1, 0.15) is 5.75 Å². The van der Waals surface area contributed by atoms with Gasteiger partial charge in [0.2, 0.25) is 0 Å². The van der Waals surface area contributed by atoms with Crippen LogP contribution < -0.4 is 10.4 Å². The molecule has 0 aromatic heterocycles. The molecule has 3 heteroatoms. The van der Waals surface area contributed by atoms with Gasteiger partial charge in [0.05, 0.1) is 5.69 Å². The van der Waals surface area contributed by atoms with Gasteiger partial charge in [-0.2, -0.15) is 0 Å². The van der Waals surface area contributed by atoms with Gasteiger partial charge >= 0.3 is 0 Å². The van der Waals surface area contributed by atoms with Gasteiger partial charge in [0.15, 0.2) is 0 Å². The highest BCUT2D eigenvalue weighted by molar-refractivity contribution is 5.52. The molecule has 2 rings (SSSR count). The molecule has 0 aliphatic carbocycles. The Morgan fingerprint density at radius 1 is 1.00 bits per heavy atom. The molecule has 0 radical (unpaired) electrons. The number of nitrogens with one attached hydrogen (secondary N) is 1. The number of hydrogen-bond acceptors (Lipinski definition) is 3. The van der Waals surface area contributed by atoms with E-state index in [4.69, 9.17) is 0 Å². The van der Waals surface area contributed by atoms with E-state index in [-0.39, 0.29) is 0 Å². The zero-order valence-electron chi connectivity index (χ0n) is 12.9. The summed E-state index contributed by atoms with van der Waals surface area (Å²) in [5.74, 6) is 0.291. The number of phenols is 1. The summed E-state index contributed by atoms with van der Waals surface area (Å²) < 4.78 is 0. The Hall–Kier alpha value is -1.90. The summed E-state index contributed by atoms with van der Waals surface area (Å²) in [4.78, 5) is 0. The van der Waals surface area contributed by atoms with Crippen LogP contribution >= 0.6 is 0 Å². The monoisotopic (exact) mass is 286 g/mol. The molecule has 3 nitrogen and oxygen atoms in total. The van der Waals surface area contributed by atoms with Crippen LogP contribution in [-0.2, 0) is 0 Å². The van der Waals surface area contributed by atoms with Crippen LogP contribution in [0.1, 0.15) is 51.9 Å². The second-order valence-corrected chi connectivity index (χ2v) is 5.57. The molecule has 1 aliphatic heterocycles. The Labute approximate surface area is 127 Å². The molecule has 0 amide bonds. The first-order valence-electron chi connectivity index (χ1n) is 8.01. The predicted octanol–water partition coefficient (Wildman–Crippen LogP) is 4.87. The van der Waals surface area contributed by atoms with Crippen molar-refractivity contribution < 1.29 is 5.11 Å². The number of nitrogens with zero attached hydrogens (tertiary/aromatic N) is 1. The van der Waals surface area contributed by atoms with Crippen molar-refractivity contribution in [1.29, 1.82) is 0 Å². The molecule has 114 valence electrons. The van der Waals surface area contributed by atoms with E-state index in [1.807, 2.05) is 23.3 Å². The van der Waals surface area contributed by atoms with Crippen LogP contribution in [0.2, 0.25) is 0 Å². The summed E-state index contributed by atoms with van der Waals surface area (Å²) in [6.07, 6.45) is 15.4. The minimum Gasteiger partial charge on any atom is -0.508 e. The molecule has 0 unspecified atom stereocenters. The van der Waals surface area contributed by atoms with Gasteiger partial charge < -0.3 is 10.5 Å². The predicted molar refractivity (Wildman–Crippen MR) is 88.9 cm³/mol. The van der Waals surface area contributed by atoms with Crippen LogP contribution in [0.25, 0.3) is 0 Å². The molecule has 0 bridgehead atoms. The average Bonchev–Trinajstić information content (AvgIpc) is 2.52. The van der Waals surface area contributed by atoms with Crippen LogP contribution in [0.5, 0.6) is 5.75 Å². The lowest BCUT2D eigenvalue weighted by Gasteiger charge is -2.24. The number of benzene rings is 1. The van der Waals surface area contributed by atoms with Crippen molar-refractivity contribution in [3.05, 3.63) is 48.3 Å². The molecule has 0 fully saturated rings. The second-order valence-electron chi connectivity index (χ2n) is 5.57. The molecule has 21 heavy (non-hydrogen) atoms. The SMILES string of the molecule is CCCCCCCCC1=CNN(c2ccc(O)cc2)C=C1. The van der Waals surface area contributed by atoms with Crippen molar-refractivity contribution in [1.82, 2.24) is 5.43 Å². The van der Waals surface area contributed by atoms with Crippen LogP contribution in [-0.4, -0.2) is 5.11 Å². The third-order valence-electron chi connectivity index (χ3n) is 3.77. The van der Waals surface area contributed by atoms with Crippen molar-refractivity contribution in [2.75, 3.05) is 5.01 Å². The molecular formula is C18H26N2O. The Morgan fingerprint density at radius 2 is 1.71 bits per heavy atom. The molecule has 0 atom stereocenters. The van der Waals surface area contributed by atoms with E-state index in [2.05, 4.69) is 24.6 Å². The lowest BCUT2D eigenvalue weighted by atomic mass is 10.1. The highest BCUT2D eigenvalue weighted by atomic mass is 16.3.